The standard InChI is InChI=1S/C6H16OSi/c1-3-4-5-8-6-7-2/h3-6,8H2,1-2H3. The Balaban J connectivity index is 2.53. The second-order valence-corrected chi connectivity index (χ2v) is 3.88. The van der Waals surface area contributed by atoms with Crippen LogP contribution in [0, 0.1) is 0 Å². The van der Waals surface area contributed by atoms with Crippen LogP contribution in [0.4, 0.5) is 0 Å². The molecule has 0 N–H and O–H groups in total. The van der Waals surface area contributed by atoms with Crippen LogP contribution in [0.2, 0.25) is 6.04 Å². The minimum atomic E-state index is 0.178. The summed E-state index contributed by atoms with van der Waals surface area (Å²) in [5.41, 5.74) is 0. The molecule has 0 aromatic rings. The minimum Gasteiger partial charge on any atom is -0.389 e. The highest BCUT2D eigenvalue weighted by molar-refractivity contribution is 6.35. The summed E-state index contributed by atoms with van der Waals surface area (Å²) in [5.74, 6) is 0. The van der Waals surface area contributed by atoms with Gasteiger partial charge in [0.05, 0.1) is 9.52 Å². The second kappa shape index (κ2) is 7.18. The molecule has 0 aliphatic rings. The summed E-state index contributed by atoms with van der Waals surface area (Å²) < 4.78 is 4.95. The van der Waals surface area contributed by atoms with Crippen LogP contribution >= 0.6 is 0 Å². The lowest BCUT2D eigenvalue weighted by atomic mass is 10.4. The fraction of sp³-hybridized carbons (Fsp3) is 1.00. The van der Waals surface area contributed by atoms with E-state index in [0.29, 0.717) is 0 Å². The molecule has 0 unspecified atom stereocenters. The molecule has 0 aliphatic carbocycles. The molecular formula is C6H16OSi. The molecule has 0 radical (unpaired) electrons. The number of hydrogen-bond donors (Lipinski definition) is 0. The summed E-state index contributed by atoms with van der Waals surface area (Å²) >= 11 is 0. The van der Waals surface area contributed by atoms with Crippen molar-refractivity contribution in [3.05, 3.63) is 0 Å². The zero-order chi connectivity index (χ0) is 6.24. The van der Waals surface area contributed by atoms with Crippen molar-refractivity contribution in [2.75, 3.05) is 13.3 Å². The lowest BCUT2D eigenvalue weighted by Crippen LogP contribution is -1.98. The number of methoxy groups -OCH3 is 1. The molecule has 0 fully saturated rings. The Morgan fingerprint density at radius 3 is 2.75 bits per heavy atom. The third kappa shape index (κ3) is 6.18. The van der Waals surface area contributed by atoms with Crippen LogP contribution in [0.5, 0.6) is 0 Å². The molecule has 0 amide bonds. The third-order valence-electron chi connectivity index (χ3n) is 1.20. The van der Waals surface area contributed by atoms with Gasteiger partial charge in [0.25, 0.3) is 0 Å². The predicted molar refractivity (Wildman–Crippen MR) is 40.1 cm³/mol. The summed E-state index contributed by atoms with van der Waals surface area (Å²) in [4.78, 5) is 0. The van der Waals surface area contributed by atoms with Crippen LogP contribution in [0.1, 0.15) is 19.8 Å². The number of rotatable bonds is 5. The molecule has 0 aromatic carbocycles. The molecule has 0 aliphatic heterocycles. The van der Waals surface area contributed by atoms with E-state index in [1.165, 1.54) is 18.9 Å². The van der Waals surface area contributed by atoms with Crippen molar-refractivity contribution >= 4 is 9.52 Å². The first kappa shape index (κ1) is 8.18. The Morgan fingerprint density at radius 2 is 2.25 bits per heavy atom. The van der Waals surface area contributed by atoms with Crippen molar-refractivity contribution in [3.8, 4) is 0 Å². The molecule has 0 saturated heterocycles. The summed E-state index contributed by atoms with van der Waals surface area (Å²) in [5, 5.41) is 0. The van der Waals surface area contributed by atoms with Gasteiger partial charge in [-0.05, 0) is 0 Å². The number of ether oxygens (including phenoxy) is 1. The van der Waals surface area contributed by atoms with E-state index in [9.17, 15) is 0 Å². The first-order valence-electron chi connectivity index (χ1n) is 3.40. The molecule has 50 valence electrons. The Kier molecular flexibility index (Phi) is 7.34. The highest BCUT2D eigenvalue weighted by atomic mass is 28.2. The summed E-state index contributed by atoms with van der Waals surface area (Å²) in [6, 6.07) is 1.46. The van der Waals surface area contributed by atoms with Crippen LogP contribution in [0.25, 0.3) is 0 Å². The topological polar surface area (TPSA) is 9.23 Å². The average Bonchev–Trinajstić information content (AvgIpc) is 1.81. The zero-order valence-corrected chi connectivity index (χ0v) is 7.36. The van der Waals surface area contributed by atoms with Crippen molar-refractivity contribution < 1.29 is 4.74 Å². The van der Waals surface area contributed by atoms with Gasteiger partial charge in [-0.15, -0.1) is 0 Å². The quantitative estimate of drug-likeness (QED) is 0.400. The van der Waals surface area contributed by atoms with Crippen LogP contribution in [0.15, 0.2) is 0 Å². The van der Waals surface area contributed by atoms with Gasteiger partial charge in [0.1, 0.15) is 0 Å². The maximum Gasteiger partial charge on any atom is 0.0516 e. The highest BCUT2D eigenvalue weighted by Crippen LogP contribution is 1.91. The maximum absolute atomic E-state index is 4.95. The van der Waals surface area contributed by atoms with Crippen molar-refractivity contribution in [2.24, 2.45) is 0 Å². The van der Waals surface area contributed by atoms with E-state index in [2.05, 4.69) is 6.92 Å². The third-order valence-corrected chi connectivity index (χ3v) is 2.90. The molecule has 0 bridgehead atoms. The van der Waals surface area contributed by atoms with E-state index >= 15 is 0 Å². The molecule has 1 nitrogen and oxygen atoms in total. The normalized spacial score (nSPS) is 11.2. The van der Waals surface area contributed by atoms with Crippen molar-refractivity contribution in [1.29, 1.82) is 0 Å². The SMILES string of the molecule is CCCC[SiH2]COC. The predicted octanol–water partition coefficient (Wildman–Crippen LogP) is 0.977. The molecular weight excluding hydrogens is 116 g/mol. The van der Waals surface area contributed by atoms with Crippen molar-refractivity contribution in [3.63, 3.8) is 0 Å². The van der Waals surface area contributed by atoms with Gasteiger partial charge in [-0.2, -0.15) is 0 Å². The van der Waals surface area contributed by atoms with E-state index in [-0.39, 0.29) is 9.52 Å². The maximum atomic E-state index is 4.95. The first-order chi connectivity index (χ1) is 3.91. The van der Waals surface area contributed by atoms with E-state index in [1.807, 2.05) is 0 Å². The second-order valence-electron chi connectivity index (χ2n) is 2.05. The van der Waals surface area contributed by atoms with Crippen molar-refractivity contribution in [1.82, 2.24) is 0 Å². The Bertz CT molecular complexity index is 33.5. The van der Waals surface area contributed by atoms with E-state index in [1.54, 1.807) is 7.11 Å². The van der Waals surface area contributed by atoms with Crippen LogP contribution < -0.4 is 0 Å². The van der Waals surface area contributed by atoms with E-state index in [0.717, 1.165) is 6.23 Å². The molecule has 0 aromatic heterocycles. The van der Waals surface area contributed by atoms with Gasteiger partial charge >= 0.3 is 0 Å². The van der Waals surface area contributed by atoms with E-state index in [4.69, 9.17) is 4.74 Å². The van der Waals surface area contributed by atoms with Crippen LogP contribution in [-0.2, 0) is 4.74 Å². The van der Waals surface area contributed by atoms with E-state index < -0.39 is 0 Å². The summed E-state index contributed by atoms with van der Waals surface area (Å²) in [7, 11) is 1.97. The summed E-state index contributed by atoms with van der Waals surface area (Å²) in [6.45, 7) is 2.24. The molecule has 0 atom stereocenters. The highest BCUT2D eigenvalue weighted by Gasteiger charge is 1.84. The van der Waals surface area contributed by atoms with Gasteiger partial charge in [0, 0.05) is 13.3 Å². The Hall–Kier alpha value is 0.177. The lowest BCUT2D eigenvalue weighted by molar-refractivity contribution is 0.251. The molecule has 8 heavy (non-hydrogen) atoms. The monoisotopic (exact) mass is 132 g/mol. The summed E-state index contributed by atoms with van der Waals surface area (Å²) in [6.07, 6.45) is 3.83. The van der Waals surface area contributed by atoms with Crippen molar-refractivity contribution in [2.45, 2.75) is 25.8 Å². The van der Waals surface area contributed by atoms with Gasteiger partial charge in [-0.1, -0.05) is 25.8 Å². The Labute approximate surface area is 54.3 Å². The average molecular weight is 132 g/mol. The van der Waals surface area contributed by atoms with Gasteiger partial charge in [-0.3, -0.25) is 0 Å². The number of unbranched alkanes of at least 4 members (excludes halogenated alkanes) is 1. The largest absolute Gasteiger partial charge is 0.389 e. The molecule has 0 spiro atoms. The van der Waals surface area contributed by atoms with Gasteiger partial charge < -0.3 is 4.74 Å². The smallest absolute Gasteiger partial charge is 0.0516 e. The number of hydrogen-bond acceptors (Lipinski definition) is 1. The Morgan fingerprint density at radius 1 is 1.50 bits per heavy atom. The fourth-order valence-corrected chi connectivity index (χ4v) is 2.02. The van der Waals surface area contributed by atoms with Gasteiger partial charge in [-0.25, -0.2) is 0 Å². The molecule has 0 rings (SSSR count). The zero-order valence-electron chi connectivity index (χ0n) is 5.94. The van der Waals surface area contributed by atoms with Crippen LogP contribution in [0.3, 0.4) is 0 Å². The molecule has 2 heteroatoms. The fourth-order valence-electron chi connectivity index (χ4n) is 0.673. The van der Waals surface area contributed by atoms with Gasteiger partial charge in [0.15, 0.2) is 0 Å². The lowest BCUT2D eigenvalue weighted by Gasteiger charge is -1.94. The van der Waals surface area contributed by atoms with Gasteiger partial charge in [0.2, 0.25) is 0 Å². The molecule has 0 heterocycles. The van der Waals surface area contributed by atoms with Crippen LogP contribution in [-0.4, -0.2) is 22.9 Å². The minimum absolute atomic E-state index is 0.178. The molecule has 0 saturated carbocycles. The first-order valence-corrected chi connectivity index (χ1v) is 5.40.